The molecule has 128 valence electrons. The van der Waals surface area contributed by atoms with Crippen molar-refractivity contribution in [1.29, 1.82) is 0 Å². The first-order valence-electron chi connectivity index (χ1n) is 8.53. The molecule has 1 fully saturated rings. The van der Waals surface area contributed by atoms with Gasteiger partial charge in [0.15, 0.2) is 5.69 Å². The molecular weight excluding hydrogens is 306 g/mol. The van der Waals surface area contributed by atoms with Crippen LogP contribution in [0.4, 0.5) is 5.69 Å². The lowest BCUT2D eigenvalue weighted by atomic mass is 10.0. The minimum absolute atomic E-state index is 0.172. The van der Waals surface area contributed by atoms with E-state index >= 15 is 0 Å². The van der Waals surface area contributed by atoms with E-state index in [9.17, 15) is 4.79 Å². The quantitative estimate of drug-likeness (QED) is 0.786. The highest BCUT2D eigenvalue weighted by Gasteiger charge is 2.27. The number of carbonyl (C=O) groups excluding carboxylic acids is 1. The number of benzene rings is 1. The summed E-state index contributed by atoms with van der Waals surface area (Å²) >= 11 is 0. The lowest BCUT2D eigenvalue weighted by molar-refractivity contribution is 0.0500. The molecule has 0 spiro atoms. The predicted molar refractivity (Wildman–Crippen MR) is 92.4 cm³/mol. The number of hydrogen-bond donors (Lipinski definition) is 0. The molecule has 0 saturated carbocycles. The van der Waals surface area contributed by atoms with E-state index < -0.39 is 5.97 Å². The molecular formula is C18H23N3O3. The lowest BCUT2D eigenvalue weighted by Gasteiger charge is -2.35. The number of hydrogen-bond acceptors (Lipinski definition) is 6. The van der Waals surface area contributed by atoms with E-state index in [2.05, 4.69) is 15.1 Å². The lowest BCUT2D eigenvalue weighted by Crippen LogP contribution is -2.40. The van der Waals surface area contributed by atoms with Gasteiger partial charge in [0.05, 0.1) is 23.9 Å². The molecule has 0 unspecified atom stereocenters. The summed E-state index contributed by atoms with van der Waals surface area (Å²) < 4.78 is 11.0. The molecule has 24 heavy (non-hydrogen) atoms. The monoisotopic (exact) mass is 329 g/mol. The average Bonchev–Trinajstić information content (AvgIpc) is 2.61. The highest BCUT2D eigenvalue weighted by atomic mass is 16.5. The number of ether oxygens (including phenoxy) is 2. The van der Waals surface area contributed by atoms with Crippen molar-refractivity contribution < 1.29 is 14.3 Å². The summed E-state index contributed by atoms with van der Waals surface area (Å²) in [5.41, 5.74) is 1.87. The van der Waals surface area contributed by atoms with Gasteiger partial charge in [0.2, 0.25) is 0 Å². The zero-order valence-electron chi connectivity index (χ0n) is 14.2. The van der Waals surface area contributed by atoms with Gasteiger partial charge >= 0.3 is 5.97 Å². The normalized spacial score (nSPS) is 17.9. The van der Waals surface area contributed by atoms with E-state index in [4.69, 9.17) is 9.47 Å². The van der Waals surface area contributed by atoms with E-state index in [1.165, 1.54) is 0 Å². The van der Waals surface area contributed by atoms with E-state index in [-0.39, 0.29) is 11.8 Å². The molecule has 1 saturated heterocycles. The zero-order chi connectivity index (χ0) is 16.9. The van der Waals surface area contributed by atoms with Gasteiger partial charge < -0.3 is 14.4 Å². The number of nitrogens with zero attached hydrogens (tertiary/aromatic N) is 3. The minimum atomic E-state index is -0.427. The number of aromatic nitrogens is 2. The second-order valence-electron chi connectivity index (χ2n) is 5.80. The van der Waals surface area contributed by atoms with Crippen LogP contribution in [-0.4, -0.2) is 48.6 Å². The molecule has 1 aliphatic heterocycles. The zero-order valence-corrected chi connectivity index (χ0v) is 14.2. The largest absolute Gasteiger partial charge is 0.461 e. The van der Waals surface area contributed by atoms with E-state index in [1.807, 2.05) is 31.2 Å². The molecule has 0 radical (unpaired) electrons. The van der Waals surface area contributed by atoms with Crippen LogP contribution in [0.3, 0.4) is 0 Å². The number of piperidine rings is 1. The van der Waals surface area contributed by atoms with E-state index in [0.29, 0.717) is 13.2 Å². The van der Waals surface area contributed by atoms with Crippen molar-refractivity contribution in [3.8, 4) is 0 Å². The summed E-state index contributed by atoms with van der Waals surface area (Å²) in [6.07, 6.45) is 2.23. The molecule has 3 rings (SSSR count). The van der Waals surface area contributed by atoms with Crippen molar-refractivity contribution in [3.05, 3.63) is 30.0 Å². The molecule has 1 aliphatic rings. The second kappa shape index (κ2) is 7.57. The highest BCUT2D eigenvalue weighted by Crippen LogP contribution is 2.31. The van der Waals surface area contributed by atoms with Crippen LogP contribution >= 0.6 is 0 Å². The Morgan fingerprint density at radius 1 is 1.25 bits per heavy atom. The summed E-state index contributed by atoms with van der Waals surface area (Å²) in [5.74, 6) is -0.427. The molecule has 0 N–H and O–H groups in total. The van der Waals surface area contributed by atoms with Crippen molar-refractivity contribution in [2.75, 3.05) is 31.2 Å². The van der Waals surface area contributed by atoms with Gasteiger partial charge in [-0.3, -0.25) is 0 Å². The van der Waals surface area contributed by atoms with E-state index in [1.54, 1.807) is 6.92 Å². The molecule has 0 bridgehead atoms. The molecule has 6 nitrogen and oxygen atoms in total. The fourth-order valence-electron chi connectivity index (χ4n) is 3.21. The van der Waals surface area contributed by atoms with Crippen LogP contribution in [0.5, 0.6) is 0 Å². The molecule has 1 aromatic carbocycles. The Labute approximate surface area is 141 Å². The minimum Gasteiger partial charge on any atom is -0.461 e. The molecule has 1 atom stereocenters. The molecule has 2 heterocycles. The third-order valence-corrected chi connectivity index (χ3v) is 4.21. The Bertz CT molecular complexity index is 718. The molecule has 0 aliphatic carbocycles. The molecule has 1 aromatic heterocycles. The van der Waals surface area contributed by atoms with Crippen molar-refractivity contribution in [2.45, 2.75) is 32.8 Å². The summed E-state index contributed by atoms with van der Waals surface area (Å²) in [6.45, 7) is 6.42. The fraction of sp³-hybridized carbons (Fsp3) is 0.500. The molecule has 2 aromatic rings. The van der Waals surface area contributed by atoms with Crippen molar-refractivity contribution in [1.82, 2.24) is 10.2 Å². The number of carbonyl (C=O) groups is 1. The molecule has 6 heteroatoms. The summed E-state index contributed by atoms with van der Waals surface area (Å²) in [7, 11) is 0. The van der Waals surface area contributed by atoms with E-state index in [0.717, 1.165) is 42.5 Å². The van der Waals surface area contributed by atoms with Gasteiger partial charge in [0.1, 0.15) is 0 Å². The van der Waals surface area contributed by atoms with Gasteiger partial charge in [-0.05, 0) is 32.8 Å². The smallest absolute Gasteiger partial charge is 0.361 e. The molecule has 0 amide bonds. The number of esters is 1. The average molecular weight is 329 g/mol. The van der Waals surface area contributed by atoms with Gasteiger partial charge in [-0.25, -0.2) is 4.79 Å². The standard InChI is InChI=1S/C18H23N3O3/c1-3-23-13-8-7-11-21(12-13)17-14-9-5-6-10-15(14)19-20-16(17)18(22)24-4-2/h5-6,9-10,13H,3-4,7-8,11-12H2,1-2H3/t13-/m1/s1. The second-order valence-corrected chi connectivity index (χ2v) is 5.80. The Hall–Kier alpha value is -2.21. The third kappa shape index (κ3) is 3.33. The van der Waals surface area contributed by atoms with Crippen molar-refractivity contribution in [2.24, 2.45) is 0 Å². The Morgan fingerprint density at radius 3 is 2.88 bits per heavy atom. The van der Waals surface area contributed by atoms with Gasteiger partial charge in [-0.2, -0.15) is 0 Å². The third-order valence-electron chi connectivity index (χ3n) is 4.21. The predicted octanol–water partition coefficient (Wildman–Crippen LogP) is 2.81. The maximum Gasteiger partial charge on any atom is 0.361 e. The van der Waals surface area contributed by atoms with Crippen LogP contribution in [0.1, 0.15) is 37.2 Å². The SMILES string of the molecule is CCOC(=O)c1nnc2ccccc2c1N1CCC[C@@H](OCC)C1. The Morgan fingerprint density at radius 2 is 2.08 bits per heavy atom. The van der Waals surface area contributed by atoms with Crippen LogP contribution in [0.25, 0.3) is 10.9 Å². The maximum absolute atomic E-state index is 12.4. The topological polar surface area (TPSA) is 64.5 Å². The first-order valence-corrected chi connectivity index (χ1v) is 8.53. The van der Waals surface area contributed by atoms with Gasteiger partial charge in [-0.1, -0.05) is 18.2 Å². The first-order chi connectivity index (χ1) is 11.7. The van der Waals surface area contributed by atoms with Crippen LogP contribution in [0, 0.1) is 0 Å². The summed E-state index contributed by atoms with van der Waals surface area (Å²) in [6, 6.07) is 7.76. The van der Waals surface area contributed by atoms with Crippen LogP contribution in [-0.2, 0) is 9.47 Å². The Balaban J connectivity index is 2.05. The Kier molecular flexibility index (Phi) is 5.25. The fourth-order valence-corrected chi connectivity index (χ4v) is 3.21. The maximum atomic E-state index is 12.4. The van der Waals surface area contributed by atoms with Gasteiger partial charge in [0.25, 0.3) is 0 Å². The number of fused-ring (bicyclic) bond motifs is 1. The van der Waals surface area contributed by atoms with Crippen LogP contribution in [0.2, 0.25) is 0 Å². The highest BCUT2D eigenvalue weighted by molar-refractivity contribution is 6.03. The first kappa shape index (κ1) is 16.6. The summed E-state index contributed by atoms with van der Waals surface area (Å²) in [5, 5.41) is 9.27. The van der Waals surface area contributed by atoms with Gasteiger partial charge in [0, 0.05) is 25.1 Å². The van der Waals surface area contributed by atoms with Crippen molar-refractivity contribution >= 4 is 22.6 Å². The van der Waals surface area contributed by atoms with Crippen molar-refractivity contribution in [3.63, 3.8) is 0 Å². The van der Waals surface area contributed by atoms with Gasteiger partial charge in [-0.15, -0.1) is 10.2 Å². The summed E-state index contributed by atoms with van der Waals surface area (Å²) in [4.78, 5) is 14.6. The van der Waals surface area contributed by atoms with Crippen LogP contribution < -0.4 is 4.90 Å². The number of rotatable bonds is 5. The van der Waals surface area contributed by atoms with Crippen LogP contribution in [0.15, 0.2) is 24.3 Å². The number of anilines is 1.